The van der Waals surface area contributed by atoms with E-state index < -0.39 is 5.97 Å². The number of ether oxygens (including phenoxy) is 1. The van der Waals surface area contributed by atoms with Crippen LogP contribution in [-0.2, 0) is 9.53 Å². The van der Waals surface area contributed by atoms with Crippen LogP contribution in [0.2, 0.25) is 0 Å². The maximum Gasteiger partial charge on any atom is 0.330 e. The Morgan fingerprint density at radius 1 is 1.38 bits per heavy atom. The fourth-order valence-electron chi connectivity index (χ4n) is 1.000. The summed E-state index contributed by atoms with van der Waals surface area (Å²) in [6.45, 7) is 4.00. The second-order valence-electron chi connectivity index (χ2n) is 2.59. The molecule has 0 aliphatic carbocycles. The zero-order valence-corrected chi connectivity index (χ0v) is 9.86. The molecule has 0 spiro atoms. The number of carbonyl (C=O) groups excluding carboxylic acids is 1. The maximum absolute atomic E-state index is 10.8. The van der Waals surface area contributed by atoms with Gasteiger partial charge in [-0.05, 0) is 17.7 Å². The van der Waals surface area contributed by atoms with E-state index in [0.717, 1.165) is 11.3 Å². The SMILES string of the molecule is CC.[B]Nc1ccccc1/C=C/C(=O)OC. The minimum Gasteiger partial charge on any atom is -0.466 e. The maximum atomic E-state index is 10.8. The quantitative estimate of drug-likeness (QED) is 0.480. The van der Waals surface area contributed by atoms with E-state index in [9.17, 15) is 4.79 Å². The van der Waals surface area contributed by atoms with Gasteiger partial charge in [-0.2, -0.15) is 0 Å². The van der Waals surface area contributed by atoms with Crippen molar-refractivity contribution in [3.8, 4) is 0 Å². The number of anilines is 1. The van der Waals surface area contributed by atoms with Crippen molar-refractivity contribution in [3.05, 3.63) is 35.9 Å². The average Bonchev–Trinajstić information content (AvgIpc) is 2.38. The third-order valence-electron chi connectivity index (χ3n) is 1.72. The molecule has 1 rings (SSSR count). The lowest BCUT2D eigenvalue weighted by atomic mass is 10.1. The Morgan fingerprint density at radius 3 is 2.56 bits per heavy atom. The Hall–Kier alpha value is -1.71. The van der Waals surface area contributed by atoms with Crippen LogP contribution < -0.4 is 5.23 Å². The number of esters is 1. The van der Waals surface area contributed by atoms with Crippen molar-refractivity contribution in [2.45, 2.75) is 13.8 Å². The molecule has 0 heterocycles. The summed E-state index contributed by atoms with van der Waals surface area (Å²) in [6.07, 6.45) is 2.98. The summed E-state index contributed by atoms with van der Waals surface area (Å²) in [5.74, 6) is -0.392. The molecule has 0 fully saturated rings. The number of para-hydroxylation sites is 1. The van der Waals surface area contributed by atoms with Crippen molar-refractivity contribution in [1.82, 2.24) is 0 Å². The Morgan fingerprint density at radius 2 is 2.00 bits per heavy atom. The first-order valence-electron chi connectivity index (χ1n) is 5.09. The highest BCUT2D eigenvalue weighted by atomic mass is 16.5. The van der Waals surface area contributed by atoms with Crippen molar-refractivity contribution < 1.29 is 9.53 Å². The van der Waals surface area contributed by atoms with Crippen molar-refractivity contribution in [2.75, 3.05) is 12.3 Å². The van der Waals surface area contributed by atoms with Crippen molar-refractivity contribution in [3.63, 3.8) is 0 Å². The van der Waals surface area contributed by atoms with E-state index >= 15 is 0 Å². The summed E-state index contributed by atoms with van der Waals surface area (Å²) in [7, 11) is 6.62. The molecule has 0 aliphatic heterocycles. The summed E-state index contributed by atoms with van der Waals surface area (Å²) in [5, 5.41) is 2.53. The van der Waals surface area contributed by atoms with Crippen molar-refractivity contribution >= 4 is 25.7 Å². The fourth-order valence-corrected chi connectivity index (χ4v) is 1.000. The number of benzene rings is 1. The normalized spacial score (nSPS) is 9.19. The van der Waals surface area contributed by atoms with E-state index in [-0.39, 0.29) is 0 Å². The fraction of sp³-hybridized carbons (Fsp3) is 0.250. The summed E-state index contributed by atoms with van der Waals surface area (Å²) in [4.78, 5) is 10.8. The highest BCUT2D eigenvalue weighted by Gasteiger charge is 1.96. The van der Waals surface area contributed by atoms with Gasteiger partial charge in [0.05, 0.1) is 7.11 Å². The van der Waals surface area contributed by atoms with Crippen LogP contribution in [-0.4, -0.2) is 21.1 Å². The molecule has 1 N–H and O–H groups in total. The first kappa shape index (κ1) is 14.3. The van der Waals surface area contributed by atoms with Gasteiger partial charge in [0, 0.05) is 11.8 Å². The predicted octanol–water partition coefficient (Wildman–Crippen LogP) is 2.39. The minimum absolute atomic E-state index is 0.392. The van der Waals surface area contributed by atoms with Gasteiger partial charge < -0.3 is 9.96 Å². The third kappa shape index (κ3) is 4.69. The van der Waals surface area contributed by atoms with E-state index in [2.05, 4.69) is 9.96 Å². The summed E-state index contributed by atoms with van der Waals surface area (Å²) < 4.78 is 4.47. The zero-order chi connectivity index (χ0) is 12.4. The Bertz CT molecular complexity index is 351. The first-order chi connectivity index (χ1) is 7.77. The number of hydrogen-bond donors (Lipinski definition) is 1. The largest absolute Gasteiger partial charge is 0.466 e. The molecule has 1 aromatic rings. The molecule has 0 saturated carbocycles. The van der Waals surface area contributed by atoms with Gasteiger partial charge in [0.25, 0.3) is 0 Å². The average molecular weight is 217 g/mol. The van der Waals surface area contributed by atoms with Crippen molar-refractivity contribution in [1.29, 1.82) is 0 Å². The van der Waals surface area contributed by atoms with Crippen LogP contribution in [0.3, 0.4) is 0 Å². The smallest absolute Gasteiger partial charge is 0.330 e. The molecule has 1 aromatic carbocycles. The van der Waals surface area contributed by atoms with Gasteiger partial charge in [0.15, 0.2) is 0 Å². The molecule has 0 atom stereocenters. The monoisotopic (exact) mass is 217 g/mol. The lowest BCUT2D eigenvalue weighted by Gasteiger charge is -2.03. The molecule has 16 heavy (non-hydrogen) atoms. The lowest BCUT2D eigenvalue weighted by Crippen LogP contribution is -1.95. The molecular weight excluding hydrogens is 201 g/mol. The lowest BCUT2D eigenvalue weighted by molar-refractivity contribution is -0.134. The van der Waals surface area contributed by atoms with Crippen LogP contribution in [0, 0.1) is 0 Å². The molecule has 3 nitrogen and oxygen atoms in total. The highest BCUT2D eigenvalue weighted by Crippen LogP contribution is 2.15. The third-order valence-corrected chi connectivity index (χ3v) is 1.72. The Labute approximate surface area is 97.9 Å². The molecule has 0 bridgehead atoms. The highest BCUT2D eigenvalue weighted by molar-refractivity contribution is 6.16. The van der Waals surface area contributed by atoms with Crippen LogP contribution >= 0.6 is 0 Å². The number of nitrogens with one attached hydrogen (secondary N) is 1. The summed E-state index contributed by atoms with van der Waals surface area (Å²) in [5.41, 5.74) is 1.59. The van der Waals surface area contributed by atoms with E-state index in [1.165, 1.54) is 13.2 Å². The molecule has 2 radical (unpaired) electrons. The van der Waals surface area contributed by atoms with Crippen LogP contribution in [0.25, 0.3) is 6.08 Å². The number of carbonyl (C=O) groups is 1. The molecule has 0 aliphatic rings. The molecule has 0 saturated heterocycles. The Balaban J connectivity index is 0.00000106. The molecular formula is C12H16BNO2. The van der Waals surface area contributed by atoms with Gasteiger partial charge in [0.1, 0.15) is 0 Å². The minimum atomic E-state index is -0.392. The van der Waals surface area contributed by atoms with Gasteiger partial charge in [-0.1, -0.05) is 32.0 Å². The van der Waals surface area contributed by atoms with E-state index in [4.69, 9.17) is 7.98 Å². The molecule has 84 valence electrons. The van der Waals surface area contributed by atoms with E-state index in [1.54, 1.807) is 6.08 Å². The van der Waals surface area contributed by atoms with Gasteiger partial charge >= 0.3 is 5.97 Å². The van der Waals surface area contributed by atoms with Crippen LogP contribution in [0.1, 0.15) is 19.4 Å². The molecule has 0 unspecified atom stereocenters. The molecule has 0 aromatic heterocycles. The van der Waals surface area contributed by atoms with Crippen LogP contribution in [0.15, 0.2) is 30.3 Å². The standard InChI is InChI=1S/C10H10BNO2.C2H6/c1-14-10(13)7-6-8-4-2-3-5-9(8)12-11;1-2/h2-7,12H,1H3;1-2H3/b7-6+;. The van der Waals surface area contributed by atoms with Crippen LogP contribution in [0.4, 0.5) is 5.69 Å². The van der Waals surface area contributed by atoms with E-state index in [0.29, 0.717) is 0 Å². The van der Waals surface area contributed by atoms with Gasteiger partial charge in [-0.3, -0.25) is 0 Å². The zero-order valence-electron chi connectivity index (χ0n) is 9.86. The van der Waals surface area contributed by atoms with Gasteiger partial charge in [-0.25, -0.2) is 4.79 Å². The Kier molecular flexibility index (Phi) is 7.68. The van der Waals surface area contributed by atoms with Gasteiger partial charge in [0.2, 0.25) is 7.98 Å². The van der Waals surface area contributed by atoms with Crippen molar-refractivity contribution in [2.24, 2.45) is 0 Å². The topological polar surface area (TPSA) is 38.3 Å². The molecule has 0 amide bonds. The second-order valence-corrected chi connectivity index (χ2v) is 2.59. The molecule has 4 heteroatoms. The number of methoxy groups -OCH3 is 1. The first-order valence-corrected chi connectivity index (χ1v) is 5.09. The summed E-state index contributed by atoms with van der Waals surface area (Å²) >= 11 is 0. The van der Waals surface area contributed by atoms with Crippen LogP contribution in [0.5, 0.6) is 0 Å². The predicted molar refractivity (Wildman–Crippen MR) is 68.2 cm³/mol. The number of hydrogen-bond acceptors (Lipinski definition) is 3. The number of rotatable bonds is 3. The van der Waals surface area contributed by atoms with Gasteiger partial charge in [-0.15, -0.1) is 0 Å². The summed E-state index contributed by atoms with van der Waals surface area (Å²) in [6, 6.07) is 7.37. The van der Waals surface area contributed by atoms with E-state index in [1.807, 2.05) is 38.1 Å². The second kappa shape index (κ2) is 8.59.